The number of nitrogens with zero attached hydrogens (tertiary/aromatic N) is 6. The van der Waals surface area contributed by atoms with Gasteiger partial charge in [-0.3, -0.25) is 0 Å². The first kappa shape index (κ1) is 12.7. The topological polar surface area (TPSA) is 69.4 Å². The Bertz CT molecular complexity index is 692. The minimum Gasteiger partial charge on any atom is -0.213 e. The van der Waals surface area contributed by atoms with Crippen molar-refractivity contribution in [2.75, 3.05) is 0 Å². The minimum absolute atomic E-state index is 0.665. The van der Waals surface area contributed by atoms with Crippen LogP contribution in [-0.2, 0) is 0 Å². The number of aryl methyl sites for hydroxylation is 1. The van der Waals surface area contributed by atoms with Gasteiger partial charge in [0, 0.05) is 4.47 Å². The lowest BCUT2D eigenvalue weighted by atomic mass is 10.3. The Hall–Kier alpha value is -1.32. The molecule has 0 saturated carbocycles. The van der Waals surface area contributed by atoms with Gasteiger partial charge in [0.1, 0.15) is 5.82 Å². The van der Waals surface area contributed by atoms with Crippen molar-refractivity contribution < 1.29 is 0 Å². The van der Waals surface area contributed by atoms with Gasteiger partial charge in [0.15, 0.2) is 4.34 Å². The van der Waals surface area contributed by atoms with Crippen LogP contribution in [0.5, 0.6) is 0 Å². The molecule has 0 fully saturated rings. The van der Waals surface area contributed by atoms with Gasteiger partial charge in [-0.05, 0) is 64.9 Å². The van der Waals surface area contributed by atoms with Gasteiger partial charge in [0.25, 0.3) is 0 Å². The lowest BCUT2D eigenvalue weighted by molar-refractivity contribution is 0.756. The Balaban J connectivity index is 1.92. The van der Waals surface area contributed by atoms with E-state index in [-0.39, 0.29) is 0 Å². The molecule has 0 N–H and O–H groups in total. The van der Waals surface area contributed by atoms with Gasteiger partial charge in [-0.25, -0.2) is 4.98 Å². The molecule has 19 heavy (non-hydrogen) atoms. The van der Waals surface area contributed by atoms with E-state index in [4.69, 9.17) is 0 Å². The number of aromatic nitrogens is 6. The van der Waals surface area contributed by atoms with Crippen LogP contribution in [0.2, 0.25) is 0 Å². The molecule has 3 rings (SSSR count). The second-order valence-corrected chi connectivity index (χ2v) is 6.44. The molecule has 0 amide bonds. The Morgan fingerprint density at radius 3 is 2.74 bits per heavy atom. The molecular weight excluding hydrogens is 348 g/mol. The standard InChI is InChI=1S/C10H7BrN6S2/c1-6-12-10(19-14-6)18-9-13-15-16-17(9)8-4-2-7(11)3-5-8/h2-5H,1H3. The fourth-order valence-corrected chi connectivity index (χ4v) is 3.20. The van der Waals surface area contributed by atoms with Crippen LogP contribution in [0.1, 0.15) is 5.82 Å². The molecule has 0 aliphatic rings. The molecule has 0 radical (unpaired) electrons. The Morgan fingerprint density at radius 1 is 1.26 bits per heavy atom. The molecular formula is C10H7BrN6S2. The molecule has 2 heterocycles. The fraction of sp³-hybridized carbons (Fsp3) is 0.100. The maximum Gasteiger partial charge on any atom is 0.221 e. The molecule has 0 spiro atoms. The Labute approximate surface area is 125 Å². The maximum atomic E-state index is 4.29. The third kappa shape index (κ3) is 2.82. The second kappa shape index (κ2) is 5.35. The zero-order valence-electron chi connectivity index (χ0n) is 9.69. The summed E-state index contributed by atoms with van der Waals surface area (Å²) in [4.78, 5) is 4.29. The number of benzene rings is 1. The van der Waals surface area contributed by atoms with Crippen molar-refractivity contribution in [1.82, 2.24) is 29.6 Å². The van der Waals surface area contributed by atoms with E-state index in [9.17, 15) is 0 Å². The van der Waals surface area contributed by atoms with E-state index in [1.807, 2.05) is 31.2 Å². The molecule has 0 bridgehead atoms. The molecule has 0 unspecified atom stereocenters. The van der Waals surface area contributed by atoms with Crippen molar-refractivity contribution >= 4 is 39.2 Å². The predicted octanol–water partition coefficient (Wildman–Crippen LogP) is 2.74. The van der Waals surface area contributed by atoms with Gasteiger partial charge in [0.05, 0.1) is 5.69 Å². The predicted molar refractivity (Wildman–Crippen MR) is 75.6 cm³/mol. The lowest BCUT2D eigenvalue weighted by Gasteiger charge is -2.02. The first-order chi connectivity index (χ1) is 9.22. The fourth-order valence-electron chi connectivity index (χ4n) is 1.38. The molecule has 0 saturated heterocycles. The third-order valence-corrected chi connectivity index (χ3v) is 4.51. The van der Waals surface area contributed by atoms with Crippen LogP contribution in [0.3, 0.4) is 0 Å². The van der Waals surface area contributed by atoms with Gasteiger partial charge in [-0.2, -0.15) is 9.06 Å². The molecule has 9 heteroatoms. The molecule has 1 aromatic carbocycles. The van der Waals surface area contributed by atoms with Crippen LogP contribution in [0, 0.1) is 6.92 Å². The van der Waals surface area contributed by atoms with Crippen molar-refractivity contribution in [1.29, 1.82) is 0 Å². The van der Waals surface area contributed by atoms with Gasteiger partial charge < -0.3 is 0 Å². The van der Waals surface area contributed by atoms with Crippen LogP contribution in [-0.4, -0.2) is 29.6 Å². The molecule has 2 aromatic heterocycles. The molecule has 0 aliphatic heterocycles. The van der Waals surface area contributed by atoms with E-state index < -0.39 is 0 Å². The summed E-state index contributed by atoms with van der Waals surface area (Å²) < 4.78 is 7.65. The van der Waals surface area contributed by atoms with Gasteiger partial charge in [-0.15, -0.1) is 5.10 Å². The van der Waals surface area contributed by atoms with E-state index in [0.29, 0.717) is 5.16 Å². The van der Waals surface area contributed by atoms with Crippen molar-refractivity contribution in [2.45, 2.75) is 16.4 Å². The summed E-state index contributed by atoms with van der Waals surface area (Å²) in [7, 11) is 0. The van der Waals surface area contributed by atoms with Crippen molar-refractivity contribution in [3.05, 3.63) is 34.6 Å². The summed E-state index contributed by atoms with van der Waals surface area (Å²) in [5, 5.41) is 12.4. The zero-order valence-corrected chi connectivity index (χ0v) is 12.9. The van der Waals surface area contributed by atoms with Gasteiger partial charge >= 0.3 is 0 Å². The number of tetrazole rings is 1. The number of hydrogen-bond acceptors (Lipinski definition) is 7. The summed E-state index contributed by atoms with van der Waals surface area (Å²) in [6.07, 6.45) is 0. The zero-order chi connectivity index (χ0) is 13.2. The van der Waals surface area contributed by atoms with Crippen LogP contribution in [0.15, 0.2) is 38.2 Å². The Kier molecular flexibility index (Phi) is 3.58. The lowest BCUT2D eigenvalue weighted by Crippen LogP contribution is -1.98. The monoisotopic (exact) mass is 354 g/mol. The average molecular weight is 355 g/mol. The Morgan fingerprint density at radius 2 is 2.05 bits per heavy atom. The van der Waals surface area contributed by atoms with Gasteiger partial charge in [0.2, 0.25) is 5.16 Å². The highest BCUT2D eigenvalue weighted by molar-refractivity contribution is 9.10. The second-order valence-electron chi connectivity index (χ2n) is 3.56. The molecule has 0 aliphatic carbocycles. The first-order valence-corrected chi connectivity index (χ1v) is 7.63. The van der Waals surface area contributed by atoms with Crippen LogP contribution < -0.4 is 0 Å². The van der Waals surface area contributed by atoms with Crippen LogP contribution in [0.4, 0.5) is 0 Å². The summed E-state index contributed by atoms with van der Waals surface area (Å²) in [6, 6.07) is 7.77. The molecule has 0 atom stereocenters. The molecule has 3 aromatic rings. The highest BCUT2D eigenvalue weighted by atomic mass is 79.9. The van der Waals surface area contributed by atoms with E-state index in [0.717, 1.165) is 20.3 Å². The summed E-state index contributed by atoms with van der Waals surface area (Å²) in [5.74, 6) is 0.759. The van der Waals surface area contributed by atoms with Crippen LogP contribution in [0.25, 0.3) is 5.69 Å². The number of halogens is 1. The highest BCUT2D eigenvalue weighted by Crippen LogP contribution is 2.28. The SMILES string of the molecule is Cc1nsc(Sc2nnnn2-c2ccc(Br)cc2)n1. The van der Waals surface area contributed by atoms with E-state index in [1.54, 1.807) is 4.68 Å². The average Bonchev–Trinajstić information content (AvgIpc) is 3.00. The van der Waals surface area contributed by atoms with E-state index in [1.165, 1.54) is 23.3 Å². The van der Waals surface area contributed by atoms with E-state index in [2.05, 4.69) is 40.8 Å². The summed E-state index contributed by atoms with van der Waals surface area (Å²) in [6.45, 7) is 1.86. The highest BCUT2D eigenvalue weighted by Gasteiger charge is 2.12. The van der Waals surface area contributed by atoms with Crippen molar-refractivity contribution in [2.24, 2.45) is 0 Å². The normalized spacial score (nSPS) is 10.8. The molecule has 96 valence electrons. The first-order valence-electron chi connectivity index (χ1n) is 5.25. The third-order valence-electron chi connectivity index (χ3n) is 2.20. The summed E-state index contributed by atoms with van der Waals surface area (Å²) >= 11 is 6.14. The quantitative estimate of drug-likeness (QED) is 0.720. The van der Waals surface area contributed by atoms with E-state index >= 15 is 0 Å². The van der Waals surface area contributed by atoms with Gasteiger partial charge in [-0.1, -0.05) is 15.9 Å². The number of hydrogen-bond donors (Lipinski definition) is 0. The number of rotatable bonds is 3. The largest absolute Gasteiger partial charge is 0.221 e. The van der Waals surface area contributed by atoms with Crippen LogP contribution >= 0.6 is 39.2 Å². The smallest absolute Gasteiger partial charge is 0.213 e. The van der Waals surface area contributed by atoms with Crippen molar-refractivity contribution in [3.8, 4) is 5.69 Å². The maximum absolute atomic E-state index is 4.29. The summed E-state index contributed by atoms with van der Waals surface area (Å²) in [5.41, 5.74) is 0.900. The minimum atomic E-state index is 0.665. The van der Waals surface area contributed by atoms with Crippen molar-refractivity contribution in [3.63, 3.8) is 0 Å². The molecule has 6 nitrogen and oxygen atoms in total.